The van der Waals surface area contributed by atoms with E-state index in [1.54, 1.807) is 29.1 Å². The van der Waals surface area contributed by atoms with Crippen molar-refractivity contribution in [2.24, 2.45) is 52.4 Å². The largest absolute Gasteiger partial charge is 0.431 e. The molecule has 0 atom stereocenters. The van der Waals surface area contributed by atoms with E-state index in [1.165, 1.54) is 85.9 Å². The monoisotopic (exact) mass is 1860 g/mol. The zero-order valence-electron chi connectivity index (χ0n) is 71.8. The number of primary sulfonamides is 4. The lowest BCUT2D eigenvalue weighted by molar-refractivity contribution is -0.0688. The van der Waals surface area contributed by atoms with E-state index in [-0.39, 0.29) is 39.8 Å². The van der Waals surface area contributed by atoms with Gasteiger partial charge in [-0.2, -0.15) is 33.1 Å². The number of nitrogens with two attached hydrogens (primary N) is 4. The van der Waals surface area contributed by atoms with Crippen LogP contribution in [0.2, 0.25) is 0 Å². The first kappa shape index (κ1) is 90.3. The normalized spacial score (nSPS) is 18.0. The first-order chi connectivity index (χ1) is 61.7. The fourth-order valence-corrected chi connectivity index (χ4v) is 22.7. The predicted molar refractivity (Wildman–Crippen MR) is 482 cm³/mol. The molecule has 4 saturated carbocycles. The highest BCUT2D eigenvalue weighted by Crippen LogP contribution is 2.50. The van der Waals surface area contributed by atoms with Crippen molar-refractivity contribution in [3.63, 3.8) is 0 Å². The van der Waals surface area contributed by atoms with Gasteiger partial charge in [-0.1, -0.05) is 105 Å². The lowest BCUT2D eigenvalue weighted by Crippen LogP contribution is -2.52. The van der Waals surface area contributed by atoms with Crippen molar-refractivity contribution in [2.45, 2.75) is 237 Å². The second kappa shape index (κ2) is 34.6. The summed E-state index contributed by atoms with van der Waals surface area (Å²) >= 11 is 0. The number of pyridine rings is 1. The van der Waals surface area contributed by atoms with E-state index in [0.29, 0.717) is 109 Å². The van der Waals surface area contributed by atoms with Gasteiger partial charge in [-0.25, -0.2) is 92.3 Å². The van der Waals surface area contributed by atoms with Crippen molar-refractivity contribution in [3.8, 4) is 0 Å². The topological polar surface area (TPSA) is 474 Å². The van der Waals surface area contributed by atoms with E-state index >= 15 is 0 Å². The van der Waals surface area contributed by atoms with Crippen LogP contribution in [0.1, 0.15) is 186 Å². The Bertz CT molecular complexity index is 7110. The molecule has 130 heavy (non-hydrogen) atoms. The van der Waals surface area contributed by atoms with Crippen LogP contribution in [0.15, 0.2) is 162 Å². The first-order valence-corrected chi connectivity index (χ1v) is 49.2. The fourth-order valence-electron chi connectivity index (χ4n) is 20.5. The minimum absolute atomic E-state index is 0.0261. The van der Waals surface area contributed by atoms with Gasteiger partial charge in [-0.3, -0.25) is 20.0 Å². The summed E-state index contributed by atoms with van der Waals surface area (Å²) in [6.45, 7) is 12.8. The maximum atomic E-state index is 14.3. The summed E-state index contributed by atoms with van der Waals surface area (Å²) in [4.78, 5) is 57.2. The number of nitrogens with zero attached hydrogens (tertiary/aromatic N) is 17. The van der Waals surface area contributed by atoms with Gasteiger partial charge >= 0.3 is 6.18 Å². The highest BCUT2D eigenvalue weighted by Gasteiger charge is 2.55. The van der Waals surface area contributed by atoms with Gasteiger partial charge in [-0.15, -0.1) is 0 Å². The van der Waals surface area contributed by atoms with Crippen LogP contribution in [-0.2, 0) is 88.4 Å². The molecule has 13 heterocycles. The minimum atomic E-state index is -4.57. The first-order valence-electron chi connectivity index (χ1n) is 43.0. The lowest BCUT2D eigenvalue weighted by atomic mass is 9.73. The van der Waals surface area contributed by atoms with Crippen LogP contribution in [-0.4, -0.2) is 126 Å². The molecular formula is C87H97F6N25O8S4. The molecule has 0 bridgehead atoms. The maximum absolute atomic E-state index is 14.3. The average Bonchev–Trinajstić information content (AvgIpc) is 1.51. The Morgan fingerprint density at radius 2 is 0.646 bits per heavy atom. The van der Waals surface area contributed by atoms with Crippen molar-refractivity contribution in [2.75, 3.05) is 21.3 Å². The second-order valence-electron chi connectivity index (χ2n) is 34.9. The average molecular weight is 1860 g/mol. The highest BCUT2D eigenvalue weighted by molar-refractivity contribution is 7.90. The molecule has 9 aromatic heterocycles. The fraction of sp³-hybridized carbons (Fsp3) is 0.414. The molecule has 4 aliphatic carbocycles. The molecule has 20 rings (SSSR count). The number of sulfonamides is 4. The number of benzene rings is 3. The van der Waals surface area contributed by atoms with E-state index in [9.17, 15) is 60.0 Å². The van der Waals surface area contributed by atoms with Crippen LogP contribution in [0, 0.1) is 29.3 Å². The SMILES string of the molecule is CC(C)C1=NCc2cc3cnc(Nc4ccc(S(N)(=O)=O)c(F)c4)nc3n2C12CCCCC2.CC(C)C1=NCc2cc3cnc(Nc4ccc(S(N)(=O)=O)nc4)nc3n2C12CCCCC2.CC1=NCc2cc3cnc(Nc4ccc(S(N)(=O)=O)c(F)c4)nc3n2C12CCCCC2.NS(=O)(=O)c1ccc(Nc2ncc3cc4n(c3n2)C2(CCCCC2)C(C(F)(F)F)=NC4)cc1F. The zero-order valence-corrected chi connectivity index (χ0v) is 75.0. The van der Waals surface area contributed by atoms with Gasteiger partial charge in [0.1, 0.15) is 60.4 Å². The number of anilines is 8. The summed E-state index contributed by atoms with van der Waals surface area (Å²) in [5.41, 5.74) is 9.45. The molecule has 4 aliphatic heterocycles. The Hall–Kier alpha value is -11.6. The van der Waals surface area contributed by atoms with Crippen LogP contribution in [0.3, 0.4) is 0 Å². The minimum Gasteiger partial charge on any atom is -0.324 e. The third-order valence-electron chi connectivity index (χ3n) is 25.8. The van der Waals surface area contributed by atoms with Crippen molar-refractivity contribution in [3.05, 3.63) is 162 Å². The van der Waals surface area contributed by atoms with Crippen LogP contribution in [0.4, 0.5) is 72.9 Å². The third kappa shape index (κ3) is 17.3. The summed E-state index contributed by atoms with van der Waals surface area (Å²) in [6.07, 6.45) is 23.4. The maximum Gasteiger partial charge on any atom is 0.431 e. The lowest BCUT2D eigenvalue weighted by Gasteiger charge is -2.44. The number of aromatic nitrogens is 13. The molecule has 12 aromatic rings. The Balaban J connectivity index is 0.000000122. The van der Waals surface area contributed by atoms with E-state index in [0.717, 1.165) is 157 Å². The Morgan fingerprint density at radius 1 is 0.354 bits per heavy atom. The van der Waals surface area contributed by atoms with Gasteiger partial charge in [0.15, 0.2) is 5.03 Å². The highest BCUT2D eigenvalue weighted by atomic mass is 32.2. The van der Waals surface area contributed by atoms with Crippen molar-refractivity contribution < 1.29 is 60.0 Å². The Labute approximate surface area is 745 Å². The second-order valence-corrected chi connectivity index (χ2v) is 41.0. The van der Waals surface area contributed by atoms with Gasteiger partial charge in [-0.05, 0) is 161 Å². The zero-order chi connectivity index (χ0) is 92.0. The molecule has 33 nitrogen and oxygen atoms in total. The van der Waals surface area contributed by atoms with E-state index in [2.05, 4.69) is 123 Å². The number of rotatable bonds is 14. The van der Waals surface area contributed by atoms with Crippen LogP contribution in [0.5, 0.6) is 0 Å². The Kier molecular flexibility index (Phi) is 24.0. The van der Waals surface area contributed by atoms with Crippen LogP contribution < -0.4 is 41.8 Å². The quantitative estimate of drug-likeness (QED) is 0.0469. The summed E-state index contributed by atoms with van der Waals surface area (Å²) < 4.78 is 185. The molecule has 12 N–H and O–H groups in total. The third-order valence-corrected chi connectivity index (χ3v) is 29.5. The molecule has 0 unspecified atom stereocenters. The van der Waals surface area contributed by atoms with Crippen molar-refractivity contribution in [1.29, 1.82) is 0 Å². The van der Waals surface area contributed by atoms with Gasteiger partial charge < -0.3 is 39.5 Å². The van der Waals surface area contributed by atoms with Gasteiger partial charge in [0, 0.05) is 103 Å². The number of alkyl halides is 3. The molecule has 3 aromatic carbocycles. The summed E-state index contributed by atoms with van der Waals surface area (Å²) in [6, 6.07) is 21.6. The number of fused-ring (bicyclic) bond motifs is 16. The molecule has 4 fully saturated rings. The molecule has 8 aliphatic rings. The number of hydrogen-bond donors (Lipinski definition) is 8. The number of hydrogen-bond acceptors (Lipinski definition) is 25. The standard InChI is InChI=1S/C23H27FN6O2S.C22H27N7O2S.C21H20F4N6O2S.C21H23FN6O2S/c1-14(2)20-23(8-4-3-5-9-23)30-17(13-26-20)10-15-12-27-22(29-21(15)30)28-16-6-7-19(18(24)11-16)33(25,31)32;1-14(2)19-22(8-4-3-5-9-22)29-17(13-25-19)10-15-11-26-21(28-20(15)29)27-16-6-7-18(24-12-16)32(23,30)31;22-15-9-13(4-5-16(15)34(26,32)33)29-19-28-10-12-8-14-11-27-18(21(23,24)25)20(6-2-1-3-7-20)31(14)17(12)30-19;1-13-21(7-3-2-4-8-21)28-16(12-24-13)9-14-11-25-20(27-19(14)28)26-15-5-6-18(17(22)10-15)31(23,29)30/h6-7,10-12,14H,3-5,8-9,13H2,1-2H3,(H2,25,31,32)(H,27,28,29);6-7,10-12,14H,3-5,8-9,13H2,1-2H3,(H2,23,30,31)(H,26,27,28);4-5,8-10H,1-3,6-7,11H2,(H2,26,32,33)(H,28,29,30);5-6,9-11H,2-4,7-8,12H2,1H3,(H2,23,29,30)(H,25,26,27). The molecule has 0 radical (unpaired) electrons. The van der Waals surface area contributed by atoms with E-state index < -0.39 is 89.7 Å². The summed E-state index contributed by atoms with van der Waals surface area (Å²) in [5, 5.41) is 35.3. The number of aliphatic imine (C=N–C) groups is 4. The van der Waals surface area contributed by atoms with Crippen molar-refractivity contribution in [1.82, 2.24) is 63.1 Å². The molecule has 43 heteroatoms. The molecule has 0 saturated heterocycles. The molecule has 684 valence electrons. The van der Waals surface area contributed by atoms with Gasteiger partial charge in [0.25, 0.3) is 10.0 Å². The molecule has 4 spiro atoms. The van der Waals surface area contributed by atoms with Crippen molar-refractivity contribution >= 4 is 154 Å². The number of halogens is 6. The molecule has 0 amide bonds. The number of nitrogens with one attached hydrogen (secondary N) is 4. The summed E-state index contributed by atoms with van der Waals surface area (Å²) in [7, 11) is -16.3. The van der Waals surface area contributed by atoms with Gasteiger partial charge in [0.05, 0.1) is 60.2 Å². The Morgan fingerprint density at radius 3 is 0.946 bits per heavy atom. The smallest absolute Gasteiger partial charge is 0.324 e. The predicted octanol–water partition coefficient (Wildman–Crippen LogP) is 15.5. The van der Waals surface area contributed by atoms with Crippen LogP contribution >= 0.6 is 0 Å². The summed E-state index contributed by atoms with van der Waals surface area (Å²) in [5.74, 6) is -1.12. The van der Waals surface area contributed by atoms with E-state index in [1.807, 2.05) is 6.20 Å². The van der Waals surface area contributed by atoms with E-state index in [4.69, 9.17) is 50.5 Å². The molecular weight excluding hydrogens is 1770 g/mol. The van der Waals surface area contributed by atoms with Crippen LogP contribution in [0.25, 0.3) is 44.1 Å². The van der Waals surface area contributed by atoms with Gasteiger partial charge in [0.2, 0.25) is 53.9 Å².